The Bertz CT molecular complexity index is 1830. The van der Waals surface area contributed by atoms with Crippen LogP contribution in [-0.4, -0.2) is 15.9 Å². The Kier molecular flexibility index (Phi) is 12.9. The van der Waals surface area contributed by atoms with Gasteiger partial charge in [0.25, 0.3) is 0 Å². The number of allylic oxidation sites excluding steroid dienone is 2. The van der Waals surface area contributed by atoms with E-state index in [0.29, 0.717) is 0 Å². The number of carbonyl (C=O) groups excluding carboxylic acids is 1. The fraction of sp³-hybridized carbons (Fsp3) is 0.511. The number of nitrogens with zero attached hydrogens (tertiary/aromatic N) is 1. The molecule has 49 heavy (non-hydrogen) atoms. The van der Waals surface area contributed by atoms with Crippen LogP contribution in [0.3, 0.4) is 0 Å². The fourth-order valence-electron chi connectivity index (χ4n) is 7.81. The number of aryl methyl sites for hydroxylation is 2. The summed E-state index contributed by atoms with van der Waals surface area (Å²) in [5.41, 5.74) is 10.4. The Hall–Kier alpha value is -2.81. The number of fused-ring (bicyclic) bond motifs is 5. The second-order valence-corrected chi connectivity index (χ2v) is 16.4. The zero-order valence-corrected chi connectivity index (χ0v) is 34.8. The van der Waals surface area contributed by atoms with Crippen LogP contribution in [-0.2, 0) is 42.2 Å². The first-order valence-electron chi connectivity index (χ1n) is 18.3. The minimum Gasteiger partial charge on any atom is -0.512 e. The molecule has 267 valence electrons. The van der Waals surface area contributed by atoms with Crippen LogP contribution in [0.5, 0.6) is 0 Å². The Morgan fingerprint density at radius 2 is 1.43 bits per heavy atom. The van der Waals surface area contributed by atoms with Crippen LogP contribution in [0.4, 0.5) is 0 Å². The first-order chi connectivity index (χ1) is 22.4. The number of para-hydroxylation sites is 1. The van der Waals surface area contributed by atoms with Crippen molar-refractivity contribution in [1.29, 1.82) is 0 Å². The molecule has 0 saturated heterocycles. The van der Waals surface area contributed by atoms with Crippen molar-refractivity contribution in [2.24, 2.45) is 17.3 Å². The van der Waals surface area contributed by atoms with Gasteiger partial charge in [0.05, 0.1) is 11.3 Å². The van der Waals surface area contributed by atoms with Gasteiger partial charge < -0.3 is 5.11 Å². The van der Waals surface area contributed by atoms with E-state index in [1.807, 2.05) is 27.7 Å². The number of aliphatic hydroxyl groups is 1. The molecule has 1 radical (unpaired) electrons. The minimum absolute atomic E-state index is 0. The first-order valence-corrected chi connectivity index (χ1v) is 18.3. The van der Waals surface area contributed by atoms with E-state index in [0.717, 1.165) is 43.3 Å². The predicted octanol–water partition coefficient (Wildman–Crippen LogP) is 12.5. The molecule has 0 amide bonds. The van der Waals surface area contributed by atoms with Crippen molar-refractivity contribution < 1.29 is 30.0 Å². The molecule has 1 N–H and O–H groups in total. The van der Waals surface area contributed by atoms with E-state index >= 15 is 0 Å². The molecule has 0 unspecified atom stereocenters. The van der Waals surface area contributed by atoms with E-state index in [1.54, 1.807) is 0 Å². The zero-order valence-electron chi connectivity index (χ0n) is 32.4. The summed E-state index contributed by atoms with van der Waals surface area (Å²) in [7, 11) is 0. The molecule has 5 rings (SSSR count). The van der Waals surface area contributed by atoms with Gasteiger partial charge in [-0.15, -0.1) is 23.1 Å². The third-order valence-corrected chi connectivity index (χ3v) is 11.3. The minimum atomic E-state index is -0.0803. The topological polar surface area (TPSA) is 50.2 Å². The van der Waals surface area contributed by atoms with Crippen molar-refractivity contribution in [2.75, 3.05) is 0 Å². The summed E-state index contributed by atoms with van der Waals surface area (Å²) < 4.78 is 0. The van der Waals surface area contributed by atoms with Crippen LogP contribution in [0.15, 0.2) is 54.3 Å². The fourth-order valence-corrected chi connectivity index (χ4v) is 7.81. The maximum absolute atomic E-state index is 11.7. The molecular weight excluding hydrogens is 779 g/mol. The smallest absolute Gasteiger partial charge is 0.162 e. The largest absolute Gasteiger partial charge is 0.512 e. The number of benzene rings is 3. The molecule has 1 aliphatic rings. The van der Waals surface area contributed by atoms with Gasteiger partial charge in [0.15, 0.2) is 5.78 Å². The van der Waals surface area contributed by atoms with Gasteiger partial charge in [-0.25, -0.2) is 0 Å². The van der Waals surface area contributed by atoms with Crippen molar-refractivity contribution in [2.45, 2.75) is 133 Å². The molecule has 0 bridgehead atoms. The number of aliphatic hydroxyl groups excluding tert-OH is 1. The Morgan fingerprint density at radius 3 is 2.00 bits per heavy atom. The molecular formula is C45H60IrNO2-. The average Bonchev–Trinajstić information content (AvgIpc) is 3.01. The third kappa shape index (κ3) is 7.92. The Morgan fingerprint density at radius 1 is 0.857 bits per heavy atom. The van der Waals surface area contributed by atoms with Crippen LogP contribution < -0.4 is 0 Å². The van der Waals surface area contributed by atoms with Crippen molar-refractivity contribution in [3.05, 3.63) is 88.2 Å². The van der Waals surface area contributed by atoms with E-state index in [-0.39, 0.29) is 59.7 Å². The van der Waals surface area contributed by atoms with Crippen LogP contribution >= 0.6 is 0 Å². The number of hydrogen-bond acceptors (Lipinski definition) is 3. The van der Waals surface area contributed by atoms with Crippen molar-refractivity contribution in [3.8, 4) is 11.3 Å². The van der Waals surface area contributed by atoms with Gasteiger partial charge in [-0.3, -0.25) is 9.78 Å². The molecule has 0 spiro atoms. The van der Waals surface area contributed by atoms with Crippen molar-refractivity contribution >= 4 is 27.5 Å². The first kappa shape index (κ1) is 40.6. The molecule has 4 heteroatoms. The van der Waals surface area contributed by atoms with Crippen molar-refractivity contribution in [1.82, 2.24) is 4.98 Å². The van der Waals surface area contributed by atoms with Crippen LogP contribution in [0.25, 0.3) is 32.9 Å². The molecule has 1 aliphatic carbocycles. The van der Waals surface area contributed by atoms with Gasteiger partial charge in [-0.05, 0) is 72.5 Å². The van der Waals surface area contributed by atoms with E-state index in [1.165, 1.54) is 55.6 Å². The van der Waals surface area contributed by atoms with Gasteiger partial charge in [0.2, 0.25) is 0 Å². The maximum Gasteiger partial charge on any atom is 0.162 e. The number of ketones is 1. The third-order valence-electron chi connectivity index (χ3n) is 11.3. The Labute approximate surface area is 310 Å². The summed E-state index contributed by atoms with van der Waals surface area (Å²) in [5, 5.41) is 13.6. The van der Waals surface area contributed by atoms with Gasteiger partial charge in [-0.1, -0.05) is 135 Å². The van der Waals surface area contributed by atoms with E-state index in [2.05, 4.69) is 111 Å². The predicted molar refractivity (Wildman–Crippen MR) is 206 cm³/mol. The summed E-state index contributed by atoms with van der Waals surface area (Å²) in [6, 6.07) is 19.3. The van der Waals surface area contributed by atoms with Gasteiger partial charge in [0, 0.05) is 49.1 Å². The number of carbonyl (C=O) groups is 1. The van der Waals surface area contributed by atoms with E-state index in [4.69, 9.17) is 4.98 Å². The molecule has 1 aromatic heterocycles. The second-order valence-electron chi connectivity index (χ2n) is 16.4. The van der Waals surface area contributed by atoms with Gasteiger partial charge in [-0.2, -0.15) is 0 Å². The monoisotopic (exact) mass is 839 g/mol. The standard InChI is InChI=1S/C32H36N.C13H24O2.Ir/c1-19-14-15-21-17-24-27(20(2)23(21)16-19)31(6,7)32(8,9)28-25(18-30(3,4)5)22-12-10-11-13-26(22)33-29(24)28;1-5-10(6-2)12(14)9-13(15)11(7-3)8-4;/h10-16H,18H2,1-9H3;9-11,14H,5-8H2,1-4H3;/q-1;;/b;12-9-;. The van der Waals surface area contributed by atoms with Crippen LogP contribution in [0.2, 0.25) is 0 Å². The second kappa shape index (κ2) is 15.6. The van der Waals surface area contributed by atoms with Gasteiger partial charge in [0.1, 0.15) is 0 Å². The normalized spacial score (nSPS) is 15.0. The zero-order chi connectivity index (χ0) is 35.8. The van der Waals surface area contributed by atoms with E-state index in [9.17, 15) is 9.90 Å². The number of pyridine rings is 1. The Balaban J connectivity index is 0.000000347. The maximum atomic E-state index is 11.7. The summed E-state index contributed by atoms with van der Waals surface area (Å²) in [6.07, 6.45) is 5.93. The summed E-state index contributed by atoms with van der Waals surface area (Å²) in [4.78, 5) is 17.1. The average molecular weight is 839 g/mol. The summed E-state index contributed by atoms with van der Waals surface area (Å²) in [5.74, 6) is 0.547. The van der Waals surface area contributed by atoms with E-state index < -0.39 is 0 Å². The number of rotatable bonds is 8. The summed E-state index contributed by atoms with van der Waals surface area (Å²) >= 11 is 0. The molecule has 0 fully saturated rings. The molecule has 4 aromatic rings. The molecule has 0 aliphatic heterocycles. The molecule has 1 heterocycles. The van der Waals surface area contributed by atoms with Crippen molar-refractivity contribution in [3.63, 3.8) is 0 Å². The number of aromatic nitrogens is 1. The molecule has 3 aromatic carbocycles. The quantitative estimate of drug-likeness (QED) is 0.109. The summed E-state index contributed by atoms with van der Waals surface area (Å²) in [6.45, 7) is 29.3. The molecule has 0 saturated carbocycles. The molecule has 0 atom stereocenters. The van der Waals surface area contributed by atoms with Crippen LogP contribution in [0.1, 0.15) is 130 Å². The molecule has 3 nitrogen and oxygen atoms in total. The SMILES string of the molecule is CCC(CC)C(=O)/C=C(\O)C(CC)CC.Cc1ccc2[c-]c3c(c(C)c2c1)C(C)(C)C(C)(C)c1c-3nc2ccccc2c1CC(C)(C)C.[Ir]. The van der Waals surface area contributed by atoms with Crippen LogP contribution in [0, 0.1) is 37.2 Å². The number of hydrogen-bond donors (Lipinski definition) is 1. The van der Waals surface area contributed by atoms with Gasteiger partial charge >= 0.3 is 0 Å².